The fourth-order valence-electron chi connectivity index (χ4n) is 1.56. The minimum absolute atomic E-state index is 0.141. The molecule has 0 unspecified atom stereocenters. The molecule has 0 bridgehead atoms. The van der Waals surface area contributed by atoms with Crippen LogP contribution >= 0.6 is 39.1 Å². The molecular weight excluding hydrogens is 341 g/mol. The Bertz CT molecular complexity index is 639. The van der Waals surface area contributed by atoms with Crippen LogP contribution in [0, 0.1) is 6.92 Å². The molecule has 1 aromatic carbocycles. The van der Waals surface area contributed by atoms with Crippen LogP contribution in [0.25, 0.3) is 5.69 Å². The maximum absolute atomic E-state index is 11.3. The van der Waals surface area contributed by atoms with Gasteiger partial charge in [-0.15, -0.1) is 5.10 Å². The lowest BCUT2D eigenvalue weighted by atomic mass is 10.2. The molecule has 0 amide bonds. The minimum Gasteiger partial charge on any atom is -0.293 e. The number of ketones is 1. The van der Waals surface area contributed by atoms with Gasteiger partial charge >= 0.3 is 0 Å². The lowest BCUT2D eigenvalue weighted by Crippen LogP contribution is -2.02. The summed E-state index contributed by atoms with van der Waals surface area (Å²) in [5.74, 6) is -0.141. The molecule has 0 aliphatic rings. The first-order valence-corrected chi connectivity index (χ1v) is 6.55. The number of nitrogens with zero attached hydrogens (tertiary/aromatic N) is 3. The van der Waals surface area contributed by atoms with Crippen LogP contribution in [-0.4, -0.2) is 20.8 Å². The van der Waals surface area contributed by atoms with Crippen molar-refractivity contribution in [2.45, 2.75) is 13.8 Å². The molecule has 0 radical (unpaired) electrons. The van der Waals surface area contributed by atoms with Crippen molar-refractivity contribution in [3.8, 4) is 5.69 Å². The van der Waals surface area contributed by atoms with Gasteiger partial charge in [-0.1, -0.05) is 28.4 Å². The molecule has 0 aliphatic carbocycles. The second kappa shape index (κ2) is 4.99. The Morgan fingerprint density at radius 3 is 2.56 bits per heavy atom. The van der Waals surface area contributed by atoms with E-state index in [1.807, 2.05) is 0 Å². The fourth-order valence-corrected chi connectivity index (χ4v) is 2.41. The molecule has 0 aliphatic heterocycles. The average molecular weight is 349 g/mol. The second-order valence-electron chi connectivity index (χ2n) is 3.69. The van der Waals surface area contributed by atoms with E-state index in [4.69, 9.17) is 23.2 Å². The van der Waals surface area contributed by atoms with Crippen molar-refractivity contribution >= 4 is 44.9 Å². The zero-order chi connectivity index (χ0) is 13.4. The molecule has 18 heavy (non-hydrogen) atoms. The van der Waals surface area contributed by atoms with Crippen LogP contribution in [0.1, 0.15) is 23.1 Å². The highest BCUT2D eigenvalue weighted by molar-refractivity contribution is 9.10. The highest BCUT2D eigenvalue weighted by Gasteiger charge is 2.17. The molecule has 1 aromatic heterocycles. The molecule has 0 atom stereocenters. The summed E-state index contributed by atoms with van der Waals surface area (Å²) in [4.78, 5) is 11.3. The van der Waals surface area contributed by atoms with Gasteiger partial charge in [-0.2, -0.15) is 0 Å². The maximum Gasteiger partial charge on any atom is 0.181 e. The van der Waals surface area contributed by atoms with E-state index in [-0.39, 0.29) is 5.78 Å². The van der Waals surface area contributed by atoms with Crippen molar-refractivity contribution in [1.82, 2.24) is 15.0 Å². The van der Waals surface area contributed by atoms with Gasteiger partial charge in [-0.25, -0.2) is 4.68 Å². The molecule has 4 nitrogen and oxygen atoms in total. The zero-order valence-corrected chi connectivity index (χ0v) is 12.6. The molecule has 94 valence electrons. The first-order chi connectivity index (χ1) is 8.43. The fraction of sp³-hybridized carbons (Fsp3) is 0.182. The number of rotatable bonds is 2. The SMILES string of the molecule is CC(=O)c1nnn(-c2ccc(Br)c(Cl)c2Cl)c1C. The van der Waals surface area contributed by atoms with Crippen molar-refractivity contribution in [2.24, 2.45) is 0 Å². The Morgan fingerprint density at radius 2 is 2.00 bits per heavy atom. The highest BCUT2D eigenvalue weighted by Crippen LogP contribution is 2.35. The van der Waals surface area contributed by atoms with Crippen LogP contribution in [0.5, 0.6) is 0 Å². The van der Waals surface area contributed by atoms with Gasteiger partial charge in [0, 0.05) is 11.4 Å². The van der Waals surface area contributed by atoms with E-state index in [1.165, 1.54) is 11.6 Å². The van der Waals surface area contributed by atoms with Crippen LogP contribution in [0.3, 0.4) is 0 Å². The summed E-state index contributed by atoms with van der Waals surface area (Å²) in [6, 6.07) is 3.52. The normalized spacial score (nSPS) is 10.7. The molecule has 0 spiro atoms. The van der Waals surface area contributed by atoms with Crippen molar-refractivity contribution in [1.29, 1.82) is 0 Å². The lowest BCUT2D eigenvalue weighted by Gasteiger charge is -2.08. The third-order valence-corrected chi connectivity index (χ3v) is 4.23. The summed E-state index contributed by atoms with van der Waals surface area (Å²) in [6.07, 6.45) is 0. The quantitative estimate of drug-likeness (QED) is 0.611. The van der Waals surface area contributed by atoms with E-state index in [0.717, 1.165) is 0 Å². The van der Waals surface area contributed by atoms with Gasteiger partial charge in [0.1, 0.15) is 0 Å². The number of aromatic nitrogens is 3. The number of carbonyl (C=O) groups is 1. The monoisotopic (exact) mass is 347 g/mol. The van der Waals surface area contributed by atoms with E-state index in [2.05, 4.69) is 26.2 Å². The Hall–Kier alpha value is -0.910. The predicted molar refractivity (Wildman–Crippen MR) is 73.8 cm³/mol. The summed E-state index contributed by atoms with van der Waals surface area (Å²) in [5.41, 5.74) is 1.54. The highest BCUT2D eigenvalue weighted by atomic mass is 79.9. The Balaban J connectivity index is 2.63. The lowest BCUT2D eigenvalue weighted by molar-refractivity contribution is 0.101. The number of benzene rings is 1. The van der Waals surface area contributed by atoms with Crippen molar-refractivity contribution < 1.29 is 4.79 Å². The third kappa shape index (κ3) is 2.18. The van der Waals surface area contributed by atoms with Crippen LogP contribution in [0.15, 0.2) is 16.6 Å². The molecule has 2 rings (SSSR count). The molecule has 7 heteroatoms. The standard InChI is InChI=1S/C11H8BrCl2N3O/c1-5-11(6(2)18)15-16-17(5)8-4-3-7(12)9(13)10(8)14/h3-4H,1-2H3. The van der Waals surface area contributed by atoms with Gasteiger partial charge in [0.25, 0.3) is 0 Å². The van der Waals surface area contributed by atoms with Gasteiger partial charge in [0.15, 0.2) is 11.5 Å². The van der Waals surface area contributed by atoms with Crippen molar-refractivity contribution in [2.75, 3.05) is 0 Å². The Kier molecular flexibility index (Phi) is 3.75. The van der Waals surface area contributed by atoms with E-state index >= 15 is 0 Å². The molecule has 1 heterocycles. The molecule has 0 fully saturated rings. The number of Topliss-reactive ketones (excluding diaryl/α,β-unsaturated/α-hetero) is 1. The average Bonchev–Trinajstić information content (AvgIpc) is 2.69. The van der Waals surface area contributed by atoms with Gasteiger partial charge in [0.2, 0.25) is 0 Å². The molecule has 0 saturated heterocycles. The van der Waals surface area contributed by atoms with Crippen molar-refractivity contribution in [3.63, 3.8) is 0 Å². The maximum atomic E-state index is 11.3. The first kappa shape index (κ1) is 13.5. The number of hydrogen-bond acceptors (Lipinski definition) is 3. The summed E-state index contributed by atoms with van der Waals surface area (Å²) in [5, 5.41) is 8.51. The predicted octanol–water partition coefficient (Wildman–Crippen LogP) is 3.85. The van der Waals surface area contributed by atoms with Gasteiger partial charge < -0.3 is 0 Å². The Morgan fingerprint density at radius 1 is 1.33 bits per heavy atom. The smallest absolute Gasteiger partial charge is 0.181 e. The number of halogens is 3. The molecule has 0 N–H and O–H groups in total. The van der Waals surface area contributed by atoms with E-state index in [1.54, 1.807) is 19.1 Å². The Labute approximate surface area is 122 Å². The van der Waals surface area contributed by atoms with Crippen LogP contribution in [-0.2, 0) is 0 Å². The van der Waals surface area contributed by atoms with E-state index in [0.29, 0.717) is 31.6 Å². The van der Waals surface area contributed by atoms with Crippen LogP contribution in [0.4, 0.5) is 0 Å². The van der Waals surface area contributed by atoms with Gasteiger partial charge in [-0.3, -0.25) is 4.79 Å². The number of hydrogen-bond donors (Lipinski definition) is 0. The van der Waals surface area contributed by atoms with Crippen LogP contribution in [0.2, 0.25) is 10.0 Å². The zero-order valence-electron chi connectivity index (χ0n) is 9.54. The summed E-state index contributed by atoms with van der Waals surface area (Å²) < 4.78 is 2.19. The summed E-state index contributed by atoms with van der Waals surface area (Å²) in [7, 11) is 0. The second-order valence-corrected chi connectivity index (χ2v) is 5.30. The first-order valence-electron chi connectivity index (χ1n) is 5.00. The largest absolute Gasteiger partial charge is 0.293 e. The molecule has 2 aromatic rings. The van der Waals surface area contributed by atoms with E-state index in [9.17, 15) is 4.79 Å². The number of carbonyl (C=O) groups excluding carboxylic acids is 1. The topological polar surface area (TPSA) is 47.8 Å². The molecule has 0 saturated carbocycles. The van der Waals surface area contributed by atoms with Crippen LogP contribution < -0.4 is 0 Å². The summed E-state index contributed by atoms with van der Waals surface area (Å²) in [6.45, 7) is 3.19. The molecular formula is C11H8BrCl2N3O. The van der Waals surface area contributed by atoms with Gasteiger partial charge in [0.05, 0.1) is 21.4 Å². The van der Waals surface area contributed by atoms with Gasteiger partial charge in [-0.05, 0) is 35.0 Å². The summed E-state index contributed by atoms with van der Waals surface area (Å²) >= 11 is 15.5. The van der Waals surface area contributed by atoms with Crippen molar-refractivity contribution in [3.05, 3.63) is 38.0 Å². The minimum atomic E-state index is -0.141. The van der Waals surface area contributed by atoms with E-state index < -0.39 is 0 Å². The third-order valence-electron chi connectivity index (χ3n) is 2.47.